The van der Waals surface area contributed by atoms with Crippen LogP contribution in [0, 0.1) is 11.3 Å². The third-order valence-electron chi connectivity index (χ3n) is 1.21. The fourth-order valence-electron chi connectivity index (χ4n) is 0.459. The summed E-state index contributed by atoms with van der Waals surface area (Å²) in [4.78, 5) is 0. The van der Waals surface area contributed by atoms with E-state index in [-0.39, 0.29) is 0 Å². The summed E-state index contributed by atoms with van der Waals surface area (Å²) in [6, 6.07) is 0. The highest BCUT2D eigenvalue weighted by Gasteiger charge is 1.95. The van der Waals surface area contributed by atoms with Crippen molar-refractivity contribution in [1.29, 1.82) is 5.41 Å². The van der Waals surface area contributed by atoms with Gasteiger partial charge in [-0.3, -0.25) is 0 Å². The second-order valence-electron chi connectivity index (χ2n) is 2.50. The van der Waals surface area contributed by atoms with E-state index in [2.05, 4.69) is 5.32 Å². The first kappa shape index (κ1) is 9.21. The van der Waals surface area contributed by atoms with Crippen molar-refractivity contribution >= 4 is 5.71 Å². The van der Waals surface area contributed by atoms with Gasteiger partial charge in [0.25, 0.3) is 0 Å². The van der Waals surface area contributed by atoms with Crippen LogP contribution in [-0.4, -0.2) is 12.3 Å². The SMILES string of the molecule is CCN/C=C\C(=N)C(C)C. The van der Waals surface area contributed by atoms with Crippen molar-refractivity contribution < 1.29 is 0 Å². The average molecular weight is 140 g/mol. The zero-order valence-corrected chi connectivity index (χ0v) is 6.94. The summed E-state index contributed by atoms with van der Waals surface area (Å²) in [6.45, 7) is 6.97. The van der Waals surface area contributed by atoms with E-state index < -0.39 is 0 Å². The molecule has 0 aromatic heterocycles. The fourth-order valence-corrected chi connectivity index (χ4v) is 0.459. The van der Waals surface area contributed by atoms with Gasteiger partial charge in [-0.05, 0) is 25.1 Å². The molecule has 0 bridgehead atoms. The summed E-state index contributed by atoms with van der Waals surface area (Å²) in [5.41, 5.74) is 0.668. The van der Waals surface area contributed by atoms with Gasteiger partial charge in [-0.2, -0.15) is 0 Å². The molecule has 0 heterocycles. The molecule has 0 aliphatic rings. The Balaban J connectivity index is 3.56. The maximum Gasteiger partial charge on any atom is 0.0353 e. The van der Waals surface area contributed by atoms with E-state index in [1.54, 1.807) is 6.08 Å². The molecule has 0 saturated heterocycles. The van der Waals surface area contributed by atoms with E-state index >= 15 is 0 Å². The summed E-state index contributed by atoms with van der Waals surface area (Å²) in [5.74, 6) is 0.329. The summed E-state index contributed by atoms with van der Waals surface area (Å²) < 4.78 is 0. The lowest BCUT2D eigenvalue weighted by Crippen LogP contribution is -2.06. The second kappa shape index (κ2) is 5.03. The summed E-state index contributed by atoms with van der Waals surface area (Å²) in [6.07, 6.45) is 3.62. The predicted octanol–water partition coefficient (Wildman–Crippen LogP) is 1.79. The van der Waals surface area contributed by atoms with Gasteiger partial charge in [0, 0.05) is 12.3 Å². The molecule has 0 saturated carbocycles. The first-order valence-corrected chi connectivity index (χ1v) is 3.66. The standard InChI is InChI=1S/C8H16N2/c1-4-10-6-5-8(9)7(2)3/h5-7,9-10H,4H2,1-3H3/b6-5-,9-8?. The molecule has 2 heteroatoms. The van der Waals surface area contributed by atoms with Crippen molar-refractivity contribution in [3.63, 3.8) is 0 Å². The molecular weight excluding hydrogens is 124 g/mol. The van der Waals surface area contributed by atoms with Crippen LogP contribution in [0.3, 0.4) is 0 Å². The summed E-state index contributed by atoms with van der Waals surface area (Å²) in [5, 5.41) is 10.4. The van der Waals surface area contributed by atoms with Gasteiger partial charge in [-0.25, -0.2) is 0 Å². The average Bonchev–Trinajstić information content (AvgIpc) is 1.88. The molecule has 2 nitrogen and oxygen atoms in total. The van der Waals surface area contributed by atoms with Gasteiger partial charge in [0.1, 0.15) is 0 Å². The van der Waals surface area contributed by atoms with E-state index in [1.165, 1.54) is 0 Å². The Bertz CT molecular complexity index is 125. The van der Waals surface area contributed by atoms with Crippen LogP contribution in [0.25, 0.3) is 0 Å². The molecule has 0 amide bonds. The zero-order chi connectivity index (χ0) is 7.98. The van der Waals surface area contributed by atoms with Crippen LogP contribution in [0.1, 0.15) is 20.8 Å². The Morgan fingerprint density at radius 2 is 2.20 bits per heavy atom. The minimum absolute atomic E-state index is 0.329. The van der Waals surface area contributed by atoms with Crippen molar-refractivity contribution in [2.24, 2.45) is 5.92 Å². The minimum Gasteiger partial charge on any atom is -0.391 e. The van der Waals surface area contributed by atoms with E-state index in [9.17, 15) is 0 Å². The van der Waals surface area contributed by atoms with E-state index in [0.717, 1.165) is 6.54 Å². The van der Waals surface area contributed by atoms with Crippen LogP contribution in [0.4, 0.5) is 0 Å². The molecule has 2 N–H and O–H groups in total. The molecule has 58 valence electrons. The van der Waals surface area contributed by atoms with Gasteiger partial charge >= 0.3 is 0 Å². The molecule has 0 aromatic rings. The Labute approximate surface area is 62.8 Å². The van der Waals surface area contributed by atoms with Gasteiger partial charge in [-0.1, -0.05) is 13.8 Å². The molecule has 10 heavy (non-hydrogen) atoms. The van der Waals surface area contributed by atoms with Crippen LogP contribution >= 0.6 is 0 Å². The summed E-state index contributed by atoms with van der Waals surface area (Å²) in [7, 11) is 0. The summed E-state index contributed by atoms with van der Waals surface area (Å²) >= 11 is 0. The topological polar surface area (TPSA) is 35.9 Å². The van der Waals surface area contributed by atoms with Crippen molar-refractivity contribution in [2.75, 3.05) is 6.54 Å². The lowest BCUT2D eigenvalue weighted by atomic mass is 10.1. The van der Waals surface area contributed by atoms with Crippen LogP contribution < -0.4 is 5.32 Å². The van der Waals surface area contributed by atoms with Gasteiger partial charge in [-0.15, -0.1) is 0 Å². The number of hydrogen-bond donors (Lipinski definition) is 2. The molecule has 0 spiro atoms. The minimum atomic E-state index is 0.329. The number of hydrogen-bond acceptors (Lipinski definition) is 2. The highest BCUT2D eigenvalue weighted by molar-refractivity contribution is 5.93. The number of allylic oxidation sites excluding steroid dienone is 1. The molecule has 0 aromatic carbocycles. The molecule has 0 atom stereocenters. The van der Waals surface area contributed by atoms with Crippen molar-refractivity contribution in [2.45, 2.75) is 20.8 Å². The van der Waals surface area contributed by atoms with Crippen molar-refractivity contribution in [1.82, 2.24) is 5.32 Å². The fraction of sp³-hybridized carbons (Fsp3) is 0.625. The molecular formula is C8H16N2. The normalized spacial score (nSPS) is 10.8. The van der Waals surface area contributed by atoms with Gasteiger partial charge in [0.05, 0.1) is 0 Å². The number of rotatable bonds is 4. The van der Waals surface area contributed by atoms with Gasteiger partial charge in [0.2, 0.25) is 0 Å². The highest BCUT2D eigenvalue weighted by atomic mass is 14.8. The van der Waals surface area contributed by atoms with Crippen molar-refractivity contribution in [3.05, 3.63) is 12.3 Å². The Hall–Kier alpha value is -0.790. The van der Waals surface area contributed by atoms with Gasteiger partial charge in [0.15, 0.2) is 0 Å². The Kier molecular flexibility index (Phi) is 4.63. The van der Waals surface area contributed by atoms with Crippen molar-refractivity contribution in [3.8, 4) is 0 Å². The quantitative estimate of drug-likeness (QED) is 0.574. The zero-order valence-electron chi connectivity index (χ0n) is 6.94. The first-order valence-electron chi connectivity index (χ1n) is 3.66. The smallest absolute Gasteiger partial charge is 0.0353 e. The third-order valence-corrected chi connectivity index (χ3v) is 1.21. The van der Waals surface area contributed by atoms with Crippen LogP contribution in [-0.2, 0) is 0 Å². The lowest BCUT2D eigenvalue weighted by Gasteiger charge is -2.00. The molecule has 0 aliphatic carbocycles. The molecule has 0 unspecified atom stereocenters. The Morgan fingerprint density at radius 1 is 1.60 bits per heavy atom. The Morgan fingerprint density at radius 3 is 2.60 bits per heavy atom. The second-order valence-corrected chi connectivity index (χ2v) is 2.50. The largest absolute Gasteiger partial charge is 0.391 e. The molecule has 0 rings (SSSR count). The maximum atomic E-state index is 7.40. The monoisotopic (exact) mass is 140 g/mol. The third kappa shape index (κ3) is 4.13. The lowest BCUT2D eigenvalue weighted by molar-refractivity contribution is 0.876. The van der Waals surface area contributed by atoms with Gasteiger partial charge < -0.3 is 10.7 Å². The van der Waals surface area contributed by atoms with Crippen LogP contribution in [0.2, 0.25) is 0 Å². The van der Waals surface area contributed by atoms with E-state index in [1.807, 2.05) is 27.0 Å². The molecule has 0 radical (unpaired) electrons. The predicted molar refractivity (Wildman–Crippen MR) is 45.4 cm³/mol. The van der Waals surface area contributed by atoms with E-state index in [0.29, 0.717) is 11.6 Å². The molecule has 0 fully saturated rings. The van der Waals surface area contributed by atoms with E-state index in [4.69, 9.17) is 5.41 Å². The van der Waals surface area contributed by atoms with Crippen LogP contribution in [0.5, 0.6) is 0 Å². The maximum absolute atomic E-state index is 7.40. The highest BCUT2D eigenvalue weighted by Crippen LogP contribution is 1.94. The first-order chi connectivity index (χ1) is 4.68. The number of nitrogens with one attached hydrogen (secondary N) is 2. The van der Waals surface area contributed by atoms with Crippen LogP contribution in [0.15, 0.2) is 12.3 Å². The molecule has 0 aliphatic heterocycles.